The van der Waals surface area contributed by atoms with E-state index < -0.39 is 0 Å². The summed E-state index contributed by atoms with van der Waals surface area (Å²) in [7, 11) is 3.39. The highest BCUT2D eigenvalue weighted by molar-refractivity contribution is 5.78. The van der Waals surface area contributed by atoms with Gasteiger partial charge in [-0.05, 0) is 24.3 Å². The minimum atomic E-state index is -0.316. The summed E-state index contributed by atoms with van der Waals surface area (Å²) in [6.45, 7) is 0.273. The monoisotopic (exact) mass is 352 g/mol. The van der Waals surface area contributed by atoms with Gasteiger partial charge < -0.3 is 10.1 Å². The summed E-state index contributed by atoms with van der Waals surface area (Å²) in [6, 6.07) is 8.63. The van der Waals surface area contributed by atoms with Crippen molar-refractivity contribution in [1.82, 2.24) is 24.4 Å². The van der Waals surface area contributed by atoms with Crippen molar-refractivity contribution in [3.05, 3.63) is 60.4 Å². The second kappa shape index (κ2) is 6.47. The minimum Gasteiger partial charge on any atom is -0.496 e. The van der Waals surface area contributed by atoms with E-state index in [1.807, 2.05) is 29.8 Å². The molecular formula is C18H17FN6O. The zero-order valence-electron chi connectivity index (χ0n) is 14.3. The van der Waals surface area contributed by atoms with Crippen LogP contribution in [0.15, 0.2) is 49.1 Å². The average Bonchev–Trinajstić information content (AvgIpc) is 3.29. The number of anilines is 1. The van der Waals surface area contributed by atoms with Gasteiger partial charge in [0.05, 0.1) is 13.3 Å². The summed E-state index contributed by atoms with van der Waals surface area (Å²) in [5.74, 6) is 0.941. The number of hydrogen-bond donors (Lipinski definition) is 1. The van der Waals surface area contributed by atoms with Crippen molar-refractivity contribution < 1.29 is 9.13 Å². The highest BCUT2D eigenvalue weighted by Gasteiger charge is 2.13. The van der Waals surface area contributed by atoms with Gasteiger partial charge in [0.1, 0.15) is 23.7 Å². The molecule has 0 bridgehead atoms. The lowest BCUT2D eigenvalue weighted by Gasteiger charge is -2.13. The SMILES string of the molecule is COc1cccc(F)c1CNc1ccc(-c2cnn(C)c2)c2nncn12. The van der Waals surface area contributed by atoms with E-state index in [0.29, 0.717) is 17.0 Å². The summed E-state index contributed by atoms with van der Waals surface area (Å²) in [4.78, 5) is 0. The molecule has 0 saturated carbocycles. The molecule has 1 N–H and O–H groups in total. The Bertz CT molecular complexity index is 1070. The fraction of sp³-hybridized carbons (Fsp3) is 0.167. The molecule has 0 fully saturated rings. The molecule has 1 aromatic carbocycles. The third-order valence-electron chi connectivity index (χ3n) is 4.21. The normalized spacial score (nSPS) is 11.0. The number of aryl methyl sites for hydroxylation is 1. The molecule has 3 aromatic heterocycles. The first-order valence-electron chi connectivity index (χ1n) is 8.04. The molecule has 7 nitrogen and oxygen atoms in total. The van der Waals surface area contributed by atoms with Crippen LogP contribution >= 0.6 is 0 Å². The number of rotatable bonds is 5. The van der Waals surface area contributed by atoms with Crippen molar-refractivity contribution in [1.29, 1.82) is 0 Å². The number of ether oxygens (including phenoxy) is 1. The number of benzene rings is 1. The summed E-state index contributed by atoms with van der Waals surface area (Å²) < 4.78 is 22.9. The minimum absolute atomic E-state index is 0.273. The Morgan fingerprint density at radius 2 is 2.12 bits per heavy atom. The van der Waals surface area contributed by atoms with Gasteiger partial charge in [0.2, 0.25) is 0 Å². The van der Waals surface area contributed by atoms with E-state index in [1.165, 1.54) is 13.2 Å². The summed E-state index contributed by atoms with van der Waals surface area (Å²) in [5, 5.41) is 15.6. The second-order valence-corrected chi connectivity index (χ2v) is 5.83. The van der Waals surface area contributed by atoms with E-state index in [4.69, 9.17) is 4.74 Å². The van der Waals surface area contributed by atoms with Gasteiger partial charge >= 0.3 is 0 Å². The molecule has 0 aliphatic heterocycles. The number of halogens is 1. The Balaban J connectivity index is 1.68. The molecule has 0 aliphatic carbocycles. The number of methoxy groups -OCH3 is 1. The molecule has 0 amide bonds. The molecule has 26 heavy (non-hydrogen) atoms. The third-order valence-corrected chi connectivity index (χ3v) is 4.21. The van der Waals surface area contributed by atoms with E-state index in [-0.39, 0.29) is 12.4 Å². The van der Waals surface area contributed by atoms with Crippen molar-refractivity contribution >= 4 is 11.5 Å². The molecule has 0 spiro atoms. The van der Waals surface area contributed by atoms with Crippen LogP contribution in [0.2, 0.25) is 0 Å². The quantitative estimate of drug-likeness (QED) is 0.598. The van der Waals surface area contributed by atoms with Crippen LogP contribution in [0.5, 0.6) is 5.75 Å². The third kappa shape index (κ3) is 2.75. The summed E-state index contributed by atoms with van der Waals surface area (Å²) >= 11 is 0. The standard InChI is InChI=1S/C18H17FN6O/c1-24-10-12(8-22-24)13-6-7-17(25-11-21-23-18(13)25)20-9-14-15(19)4-3-5-16(14)26-2/h3-8,10-11,20H,9H2,1-2H3. The maximum Gasteiger partial charge on any atom is 0.170 e. The Kier molecular flexibility index (Phi) is 4.00. The molecule has 8 heteroatoms. The number of aromatic nitrogens is 5. The number of fused-ring (bicyclic) bond motifs is 1. The van der Waals surface area contributed by atoms with Gasteiger partial charge in [-0.1, -0.05) is 6.07 Å². The van der Waals surface area contributed by atoms with Crippen LogP contribution in [0.3, 0.4) is 0 Å². The van der Waals surface area contributed by atoms with Crippen molar-refractivity contribution in [2.75, 3.05) is 12.4 Å². The van der Waals surface area contributed by atoms with Gasteiger partial charge in [-0.2, -0.15) is 5.10 Å². The molecule has 4 rings (SSSR count). The maximum atomic E-state index is 14.1. The van der Waals surface area contributed by atoms with Gasteiger partial charge in [-0.25, -0.2) is 4.39 Å². The van der Waals surface area contributed by atoms with Gasteiger partial charge in [-0.3, -0.25) is 9.08 Å². The molecule has 0 atom stereocenters. The predicted octanol–water partition coefficient (Wildman–Crippen LogP) is 2.89. The fourth-order valence-electron chi connectivity index (χ4n) is 2.92. The van der Waals surface area contributed by atoms with Crippen LogP contribution in [0.1, 0.15) is 5.56 Å². The second-order valence-electron chi connectivity index (χ2n) is 5.83. The summed E-state index contributed by atoms with van der Waals surface area (Å²) in [5.41, 5.74) is 3.04. The Labute approximate surface area is 149 Å². The van der Waals surface area contributed by atoms with Crippen LogP contribution < -0.4 is 10.1 Å². The smallest absolute Gasteiger partial charge is 0.170 e. The lowest BCUT2D eigenvalue weighted by Crippen LogP contribution is -2.07. The van der Waals surface area contributed by atoms with Crippen molar-refractivity contribution in [2.24, 2.45) is 7.05 Å². The molecule has 0 aliphatic rings. The van der Waals surface area contributed by atoms with Crippen LogP contribution in [0.4, 0.5) is 10.2 Å². The molecule has 4 aromatic rings. The fourth-order valence-corrected chi connectivity index (χ4v) is 2.92. The van der Waals surface area contributed by atoms with Crippen LogP contribution in [0.25, 0.3) is 16.8 Å². The van der Waals surface area contributed by atoms with E-state index >= 15 is 0 Å². The van der Waals surface area contributed by atoms with Gasteiger partial charge in [0.15, 0.2) is 5.65 Å². The topological polar surface area (TPSA) is 69.3 Å². The van der Waals surface area contributed by atoms with E-state index in [0.717, 1.165) is 16.9 Å². The largest absolute Gasteiger partial charge is 0.496 e. The highest BCUT2D eigenvalue weighted by Crippen LogP contribution is 2.27. The predicted molar refractivity (Wildman–Crippen MR) is 95.5 cm³/mol. The molecule has 3 heterocycles. The maximum absolute atomic E-state index is 14.1. The van der Waals surface area contributed by atoms with E-state index in [2.05, 4.69) is 20.6 Å². The first kappa shape index (κ1) is 16.1. The molecule has 0 saturated heterocycles. The van der Waals surface area contributed by atoms with Crippen LogP contribution in [-0.2, 0) is 13.6 Å². The molecule has 0 unspecified atom stereocenters. The Morgan fingerprint density at radius 3 is 2.88 bits per heavy atom. The average molecular weight is 352 g/mol. The van der Waals surface area contributed by atoms with Gasteiger partial charge in [-0.15, -0.1) is 10.2 Å². The first-order chi connectivity index (χ1) is 12.7. The number of hydrogen-bond acceptors (Lipinski definition) is 5. The van der Waals surface area contributed by atoms with Gasteiger partial charge in [0, 0.05) is 36.5 Å². The van der Waals surface area contributed by atoms with E-state index in [1.54, 1.807) is 29.3 Å². The Morgan fingerprint density at radius 1 is 1.23 bits per heavy atom. The molecule has 0 radical (unpaired) electrons. The van der Waals surface area contributed by atoms with Crippen molar-refractivity contribution in [3.63, 3.8) is 0 Å². The van der Waals surface area contributed by atoms with Crippen LogP contribution in [-0.4, -0.2) is 31.5 Å². The molecule has 132 valence electrons. The Hall–Kier alpha value is -3.42. The first-order valence-corrected chi connectivity index (χ1v) is 8.04. The lowest BCUT2D eigenvalue weighted by atomic mass is 10.1. The zero-order valence-corrected chi connectivity index (χ0v) is 14.3. The molecular weight excluding hydrogens is 335 g/mol. The summed E-state index contributed by atoms with van der Waals surface area (Å²) in [6.07, 6.45) is 5.32. The number of pyridine rings is 1. The number of nitrogens with one attached hydrogen (secondary N) is 1. The van der Waals surface area contributed by atoms with Crippen LogP contribution in [0, 0.1) is 5.82 Å². The van der Waals surface area contributed by atoms with Crippen molar-refractivity contribution in [3.8, 4) is 16.9 Å². The number of nitrogens with zero attached hydrogens (tertiary/aromatic N) is 5. The van der Waals surface area contributed by atoms with Gasteiger partial charge in [0.25, 0.3) is 0 Å². The lowest BCUT2D eigenvalue weighted by molar-refractivity contribution is 0.405. The van der Waals surface area contributed by atoms with Crippen molar-refractivity contribution in [2.45, 2.75) is 6.54 Å². The highest BCUT2D eigenvalue weighted by atomic mass is 19.1. The van der Waals surface area contributed by atoms with E-state index in [9.17, 15) is 4.39 Å². The zero-order chi connectivity index (χ0) is 18.1.